The van der Waals surface area contributed by atoms with E-state index in [4.69, 9.17) is 14.2 Å². The second-order valence-electron chi connectivity index (χ2n) is 5.32. The monoisotopic (exact) mass is 294 g/mol. The summed E-state index contributed by atoms with van der Waals surface area (Å²) in [4.78, 5) is 2.27. The summed E-state index contributed by atoms with van der Waals surface area (Å²) in [6.45, 7) is 7.05. The maximum atomic E-state index is 5.97. The molecule has 2 rings (SSSR count). The highest BCUT2D eigenvalue weighted by molar-refractivity contribution is 5.40. The zero-order valence-corrected chi connectivity index (χ0v) is 13.2. The zero-order chi connectivity index (χ0) is 15.1. The van der Waals surface area contributed by atoms with E-state index in [1.54, 1.807) is 7.11 Å². The van der Waals surface area contributed by atoms with E-state index in [0.29, 0.717) is 6.61 Å². The molecule has 0 saturated carbocycles. The van der Waals surface area contributed by atoms with Crippen molar-refractivity contribution in [3.63, 3.8) is 0 Å². The van der Waals surface area contributed by atoms with Crippen LogP contribution in [0.5, 0.6) is 11.5 Å². The fraction of sp³-hybridized carbons (Fsp3) is 0.625. The van der Waals surface area contributed by atoms with Crippen LogP contribution in [-0.4, -0.2) is 58.0 Å². The highest BCUT2D eigenvalue weighted by atomic mass is 16.5. The number of rotatable bonds is 7. The summed E-state index contributed by atoms with van der Waals surface area (Å²) < 4.78 is 17.0. The first-order chi connectivity index (χ1) is 10.2. The van der Waals surface area contributed by atoms with Crippen LogP contribution in [0, 0.1) is 0 Å². The van der Waals surface area contributed by atoms with Gasteiger partial charge in [0.05, 0.1) is 13.7 Å². The lowest BCUT2D eigenvalue weighted by molar-refractivity contribution is -0.0404. The number of morpholine rings is 1. The van der Waals surface area contributed by atoms with Gasteiger partial charge in [-0.25, -0.2) is 0 Å². The van der Waals surface area contributed by atoms with Gasteiger partial charge in [0.15, 0.2) is 0 Å². The number of methoxy groups -OCH3 is 1. The van der Waals surface area contributed by atoms with Crippen LogP contribution in [0.25, 0.3) is 0 Å². The summed E-state index contributed by atoms with van der Waals surface area (Å²) >= 11 is 0. The summed E-state index contributed by atoms with van der Waals surface area (Å²) in [5.74, 6) is 1.75. The second kappa shape index (κ2) is 8.22. The Kier molecular flexibility index (Phi) is 6.29. The van der Waals surface area contributed by atoms with Crippen LogP contribution in [0.3, 0.4) is 0 Å². The molecule has 5 nitrogen and oxygen atoms in total. The Balaban J connectivity index is 1.97. The molecule has 5 heteroatoms. The lowest BCUT2D eigenvalue weighted by Crippen LogP contribution is -2.42. The van der Waals surface area contributed by atoms with Crippen LogP contribution >= 0.6 is 0 Å². The first-order valence-electron chi connectivity index (χ1n) is 7.53. The minimum atomic E-state index is 0.137. The number of nitrogens with one attached hydrogen (secondary N) is 1. The Bertz CT molecular complexity index is 440. The lowest BCUT2D eigenvalue weighted by Gasteiger charge is -2.30. The summed E-state index contributed by atoms with van der Waals surface area (Å²) in [7, 11) is 3.79. The van der Waals surface area contributed by atoms with Crippen molar-refractivity contribution in [2.24, 2.45) is 0 Å². The van der Waals surface area contributed by atoms with E-state index in [1.165, 1.54) is 0 Å². The van der Waals surface area contributed by atoms with E-state index < -0.39 is 0 Å². The van der Waals surface area contributed by atoms with Crippen LogP contribution < -0.4 is 14.8 Å². The number of ether oxygens (including phenoxy) is 3. The molecule has 0 amide bonds. The maximum Gasteiger partial charge on any atom is 0.124 e. The molecule has 1 fully saturated rings. The van der Waals surface area contributed by atoms with E-state index in [2.05, 4.69) is 24.2 Å². The van der Waals surface area contributed by atoms with Crippen molar-refractivity contribution >= 4 is 0 Å². The summed E-state index contributed by atoms with van der Waals surface area (Å²) in [5, 5.41) is 3.33. The fourth-order valence-corrected chi connectivity index (χ4v) is 2.37. The number of nitrogens with zero attached hydrogens (tertiary/aromatic N) is 1. The first kappa shape index (κ1) is 16.1. The van der Waals surface area contributed by atoms with Crippen molar-refractivity contribution in [3.05, 3.63) is 23.8 Å². The quantitative estimate of drug-likeness (QED) is 0.826. The summed E-state index contributed by atoms with van der Waals surface area (Å²) in [6.07, 6.45) is 0.137. The van der Waals surface area contributed by atoms with Crippen LogP contribution in [0.1, 0.15) is 12.5 Å². The highest BCUT2D eigenvalue weighted by Crippen LogP contribution is 2.24. The summed E-state index contributed by atoms with van der Waals surface area (Å²) in [5.41, 5.74) is 1.11. The Morgan fingerprint density at radius 3 is 3.00 bits per heavy atom. The molecule has 1 aromatic rings. The third kappa shape index (κ3) is 4.88. The van der Waals surface area contributed by atoms with Crippen molar-refractivity contribution < 1.29 is 14.2 Å². The Hall–Kier alpha value is -1.30. The Labute approximate surface area is 127 Å². The number of hydrogen-bond acceptors (Lipinski definition) is 5. The normalized spacial score (nSPS) is 19.5. The SMILES string of the molecule is CCNCc1cc(OC)ccc1OCC1CN(C)CCO1. The van der Waals surface area contributed by atoms with Crippen LogP contribution in [0.2, 0.25) is 0 Å². The third-order valence-electron chi connectivity index (χ3n) is 3.60. The minimum absolute atomic E-state index is 0.137. The molecule has 1 saturated heterocycles. The highest BCUT2D eigenvalue weighted by Gasteiger charge is 2.18. The molecule has 1 unspecified atom stereocenters. The molecule has 0 bridgehead atoms. The molecule has 1 aliphatic rings. The number of benzene rings is 1. The van der Waals surface area contributed by atoms with E-state index in [9.17, 15) is 0 Å². The minimum Gasteiger partial charge on any atom is -0.497 e. The van der Waals surface area contributed by atoms with Gasteiger partial charge in [-0.05, 0) is 31.8 Å². The van der Waals surface area contributed by atoms with Gasteiger partial charge in [0.1, 0.15) is 24.2 Å². The molecule has 1 aliphatic heterocycles. The fourth-order valence-electron chi connectivity index (χ4n) is 2.37. The Morgan fingerprint density at radius 2 is 2.29 bits per heavy atom. The molecule has 1 heterocycles. The topological polar surface area (TPSA) is 43.0 Å². The van der Waals surface area contributed by atoms with Crippen molar-refractivity contribution in [2.45, 2.75) is 19.6 Å². The van der Waals surface area contributed by atoms with E-state index in [0.717, 1.165) is 49.8 Å². The van der Waals surface area contributed by atoms with E-state index >= 15 is 0 Å². The van der Waals surface area contributed by atoms with Crippen molar-refractivity contribution in [3.8, 4) is 11.5 Å². The van der Waals surface area contributed by atoms with E-state index in [1.807, 2.05) is 18.2 Å². The Morgan fingerprint density at radius 1 is 1.43 bits per heavy atom. The van der Waals surface area contributed by atoms with Gasteiger partial charge in [0, 0.05) is 25.2 Å². The standard InChI is InChI=1S/C16H26N2O3/c1-4-17-10-13-9-14(19-3)5-6-16(13)21-12-15-11-18(2)7-8-20-15/h5-6,9,15,17H,4,7-8,10-12H2,1-3H3. The molecule has 21 heavy (non-hydrogen) atoms. The van der Waals surface area contributed by atoms with Crippen LogP contribution in [0.4, 0.5) is 0 Å². The molecule has 1 aromatic carbocycles. The largest absolute Gasteiger partial charge is 0.497 e. The van der Waals surface area contributed by atoms with Gasteiger partial charge in [0.25, 0.3) is 0 Å². The van der Waals surface area contributed by atoms with E-state index in [-0.39, 0.29) is 6.10 Å². The molecular formula is C16H26N2O3. The molecule has 1 N–H and O–H groups in total. The van der Waals surface area contributed by atoms with Gasteiger partial charge in [-0.2, -0.15) is 0 Å². The van der Waals surface area contributed by atoms with Crippen LogP contribution in [0.15, 0.2) is 18.2 Å². The number of likely N-dealkylation sites (N-methyl/N-ethyl adjacent to an activating group) is 1. The van der Waals surface area contributed by atoms with Gasteiger partial charge in [0.2, 0.25) is 0 Å². The molecule has 0 spiro atoms. The van der Waals surface area contributed by atoms with Gasteiger partial charge in [-0.1, -0.05) is 6.92 Å². The molecular weight excluding hydrogens is 268 g/mol. The van der Waals surface area contributed by atoms with Crippen molar-refractivity contribution in [2.75, 3.05) is 47.0 Å². The summed E-state index contributed by atoms with van der Waals surface area (Å²) in [6, 6.07) is 5.92. The average Bonchev–Trinajstić information content (AvgIpc) is 2.51. The first-order valence-corrected chi connectivity index (χ1v) is 7.53. The molecule has 1 atom stereocenters. The molecule has 0 aliphatic carbocycles. The number of hydrogen-bond donors (Lipinski definition) is 1. The third-order valence-corrected chi connectivity index (χ3v) is 3.60. The second-order valence-corrected chi connectivity index (χ2v) is 5.32. The predicted octanol–water partition coefficient (Wildman–Crippen LogP) is 1.51. The lowest BCUT2D eigenvalue weighted by atomic mass is 10.2. The van der Waals surface area contributed by atoms with Crippen LogP contribution in [-0.2, 0) is 11.3 Å². The van der Waals surface area contributed by atoms with Gasteiger partial charge < -0.3 is 24.4 Å². The smallest absolute Gasteiger partial charge is 0.124 e. The maximum absolute atomic E-state index is 5.97. The molecule has 0 aromatic heterocycles. The predicted molar refractivity (Wildman–Crippen MR) is 83.1 cm³/mol. The van der Waals surface area contributed by atoms with Gasteiger partial charge in [-0.15, -0.1) is 0 Å². The molecule has 0 radical (unpaired) electrons. The average molecular weight is 294 g/mol. The van der Waals surface area contributed by atoms with Crippen molar-refractivity contribution in [1.82, 2.24) is 10.2 Å². The molecule has 118 valence electrons. The zero-order valence-electron chi connectivity index (χ0n) is 13.2. The van der Waals surface area contributed by atoms with Gasteiger partial charge >= 0.3 is 0 Å². The van der Waals surface area contributed by atoms with Gasteiger partial charge in [-0.3, -0.25) is 0 Å². The van der Waals surface area contributed by atoms with Crippen molar-refractivity contribution in [1.29, 1.82) is 0 Å².